The number of nitrogens with zero attached hydrogens (tertiary/aromatic N) is 1. The van der Waals surface area contributed by atoms with Gasteiger partial charge in [0.2, 0.25) is 0 Å². The number of carboxylic acids is 1. The second-order valence-electron chi connectivity index (χ2n) is 4.28. The molecule has 7 nitrogen and oxygen atoms in total. The quantitative estimate of drug-likeness (QED) is 0.891. The molecule has 0 spiro atoms. The van der Waals surface area contributed by atoms with Crippen LogP contribution < -0.4 is 4.72 Å². The molecule has 21 heavy (non-hydrogen) atoms. The van der Waals surface area contributed by atoms with Crippen LogP contribution in [0.15, 0.2) is 27.7 Å². The van der Waals surface area contributed by atoms with E-state index in [-0.39, 0.29) is 26.9 Å². The zero-order valence-corrected chi connectivity index (χ0v) is 12.6. The monoisotopic (exact) mass is 330 g/mol. The van der Waals surface area contributed by atoms with Crippen molar-refractivity contribution in [3.8, 4) is 0 Å². The molecule has 9 heteroatoms. The lowest BCUT2D eigenvalue weighted by molar-refractivity contribution is 0.0696. The molecule has 112 valence electrons. The predicted molar refractivity (Wildman–Crippen MR) is 75.2 cm³/mol. The second kappa shape index (κ2) is 5.38. The van der Waals surface area contributed by atoms with Crippen molar-refractivity contribution >= 4 is 33.3 Å². The molecular weight excluding hydrogens is 320 g/mol. The molecule has 1 aromatic heterocycles. The zero-order chi connectivity index (χ0) is 15.8. The summed E-state index contributed by atoms with van der Waals surface area (Å²) in [5.41, 5.74) is 0.290. The summed E-state index contributed by atoms with van der Waals surface area (Å²) in [6.45, 7) is 3.04. The number of halogens is 1. The minimum absolute atomic E-state index is 0.0531. The first-order chi connectivity index (χ1) is 9.72. The van der Waals surface area contributed by atoms with Crippen LogP contribution in [0.25, 0.3) is 0 Å². The van der Waals surface area contributed by atoms with Crippen molar-refractivity contribution in [1.29, 1.82) is 0 Å². The van der Waals surface area contributed by atoms with Crippen LogP contribution in [0.2, 0.25) is 5.02 Å². The van der Waals surface area contributed by atoms with E-state index in [0.717, 1.165) is 6.07 Å². The highest BCUT2D eigenvalue weighted by Crippen LogP contribution is 2.26. The number of aryl methyl sites for hydroxylation is 1. The number of hydrogen-bond acceptors (Lipinski definition) is 5. The van der Waals surface area contributed by atoms with Crippen molar-refractivity contribution in [3.05, 3.63) is 40.2 Å². The Labute approximate surface area is 125 Å². The Morgan fingerprint density at radius 1 is 1.38 bits per heavy atom. The fraction of sp³-hybridized carbons (Fsp3) is 0.167. The second-order valence-corrected chi connectivity index (χ2v) is 6.37. The number of benzene rings is 1. The van der Waals surface area contributed by atoms with Crippen molar-refractivity contribution in [2.75, 3.05) is 4.72 Å². The summed E-state index contributed by atoms with van der Waals surface area (Å²) in [6, 6.07) is 2.24. The highest BCUT2D eigenvalue weighted by Gasteiger charge is 2.21. The van der Waals surface area contributed by atoms with Gasteiger partial charge in [0.25, 0.3) is 10.0 Å². The summed E-state index contributed by atoms with van der Waals surface area (Å²) in [5.74, 6) is -0.970. The third-order valence-electron chi connectivity index (χ3n) is 2.85. The summed E-state index contributed by atoms with van der Waals surface area (Å²) >= 11 is 5.90. The molecule has 2 rings (SSSR count). The van der Waals surface area contributed by atoms with Gasteiger partial charge in [0, 0.05) is 5.02 Å². The molecule has 0 amide bonds. The molecule has 0 bridgehead atoms. The maximum absolute atomic E-state index is 12.3. The van der Waals surface area contributed by atoms with E-state index < -0.39 is 16.0 Å². The van der Waals surface area contributed by atoms with Crippen LogP contribution >= 0.6 is 11.6 Å². The van der Waals surface area contributed by atoms with Crippen LogP contribution in [-0.2, 0) is 10.0 Å². The molecule has 2 aromatic rings. The Kier molecular flexibility index (Phi) is 3.93. The first kappa shape index (κ1) is 15.3. The van der Waals surface area contributed by atoms with Gasteiger partial charge in [0.1, 0.15) is 5.69 Å². The average Bonchev–Trinajstić information content (AvgIpc) is 2.77. The molecule has 0 radical (unpaired) electrons. The van der Waals surface area contributed by atoms with Gasteiger partial charge in [-0.3, -0.25) is 4.72 Å². The van der Waals surface area contributed by atoms with Crippen molar-refractivity contribution in [1.82, 2.24) is 5.16 Å². The van der Waals surface area contributed by atoms with Crippen molar-refractivity contribution < 1.29 is 22.8 Å². The lowest BCUT2D eigenvalue weighted by Gasteiger charge is -2.10. The molecule has 0 saturated carbocycles. The molecule has 0 aliphatic carbocycles. The maximum atomic E-state index is 12.3. The molecule has 0 unspecified atom stereocenters. The summed E-state index contributed by atoms with van der Waals surface area (Å²) in [6.07, 6.45) is 1.21. The molecule has 0 saturated heterocycles. The van der Waals surface area contributed by atoms with Gasteiger partial charge in [0.05, 0.1) is 16.7 Å². The van der Waals surface area contributed by atoms with E-state index in [1.54, 1.807) is 0 Å². The van der Waals surface area contributed by atoms with E-state index in [2.05, 4.69) is 9.88 Å². The summed E-state index contributed by atoms with van der Waals surface area (Å²) in [4.78, 5) is 10.9. The van der Waals surface area contributed by atoms with Crippen molar-refractivity contribution in [2.45, 2.75) is 18.7 Å². The smallest absolute Gasteiger partial charge is 0.336 e. The van der Waals surface area contributed by atoms with Crippen LogP contribution in [0.3, 0.4) is 0 Å². The number of nitrogens with one attached hydrogen (secondary N) is 1. The van der Waals surface area contributed by atoms with Gasteiger partial charge in [-0.2, -0.15) is 0 Å². The summed E-state index contributed by atoms with van der Waals surface area (Å²) < 4.78 is 31.5. The molecule has 0 aliphatic rings. The largest absolute Gasteiger partial charge is 0.478 e. The SMILES string of the molecule is Cc1oncc1NS(=O)(=O)c1cc(Cl)c(C)c(C(=O)O)c1. The normalized spacial score (nSPS) is 11.4. The maximum Gasteiger partial charge on any atom is 0.336 e. The van der Waals surface area contributed by atoms with E-state index in [1.165, 1.54) is 26.1 Å². The fourth-order valence-electron chi connectivity index (χ4n) is 1.63. The first-order valence-electron chi connectivity index (χ1n) is 5.70. The molecule has 1 heterocycles. The van der Waals surface area contributed by atoms with E-state index in [1.807, 2.05) is 0 Å². The minimum Gasteiger partial charge on any atom is -0.478 e. The molecule has 2 N–H and O–H groups in total. The van der Waals surface area contributed by atoms with Crippen molar-refractivity contribution in [2.24, 2.45) is 0 Å². The van der Waals surface area contributed by atoms with Crippen LogP contribution in [-0.4, -0.2) is 24.7 Å². The van der Waals surface area contributed by atoms with Gasteiger partial charge in [-0.1, -0.05) is 16.8 Å². The minimum atomic E-state index is -4.00. The Bertz CT molecular complexity index is 813. The van der Waals surface area contributed by atoms with Crippen LogP contribution in [0, 0.1) is 13.8 Å². The molecule has 0 atom stereocenters. The summed E-state index contributed by atoms with van der Waals surface area (Å²) in [5, 5.41) is 12.6. The number of aromatic carboxylic acids is 1. The van der Waals surface area contributed by atoms with E-state index >= 15 is 0 Å². The van der Waals surface area contributed by atoms with Crippen LogP contribution in [0.1, 0.15) is 21.7 Å². The van der Waals surface area contributed by atoms with Gasteiger partial charge in [-0.25, -0.2) is 13.2 Å². The average molecular weight is 331 g/mol. The number of sulfonamides is 1. The lowest BCUT2D eigenvalue weighted by Crippen LogP contribution is -2.14. The topological polar surface area (TPSA) is 110 Å². The third kappa shape index (κ3) is 3.01. The Morgan fingerprint density at radius 2 is 2.05 bits per heavy atom. The number of anilines is 1. The predicted octanol–water partition coefficient (Wildman–Crippen LogP) is 2.44. The Balaban J connectivity index is 2.50. The van der Waals surface area contributed by atoms with Gasteiger partial charge in [0.15, 0.2) is 5.76 Å². The van der Waals surface area contributed by atoms with Gasteiger partial charge in [-0.15, -0.1) is 0 Å². The molecular formula is C12H11ClN2O5S. The van der Waals surface area contributed by atoms with Gasteiger partial charge >= 0.3 is 5.97 Å². The number of carboxylic acid groups (broad SMARTS) is 1. The number of rotatable bonds is 4. The first-order valence-corrected chi connectivity index (χ1v) is 7.56. The van der Waals surface area contributed by atoms with Crippen LogP contribution in [0.5, 0.6) is 0 Å². The lowest BCUT2D eigenvalue weighted by atomic mass is 10.1. The highest BCUT2D eigenvalue weighted by atomic mass is 35.5. The number of carbonyl (C=O) groups is 1. The molecule has 0 fully saturated rings. The Hall–Kier alpha value is -2.06. The third-order valence-corrected chi connectivity index (χ3v) is 4.59. The van der Waals surface area contributed by atoms with E-state index in [4.69, 9.17) is 21.2 Å². The van der Waals surface area contributed by atoms with E-state index in [9.17, 15) is 13.2 Å². The fourth-order valence-corrected chi connectivity index (χ4v) is 3.07. The van der Waals surface area contributed by atoms with Crippen molar-refractivity contribution in [3.63, 3.8) is 0 Å². The van der Waals surface area contributed by atoms with Crippen LogP contribution in [0.4, 0.5) is 5.69 Å². The zero-order valence-electron chi connectivity index (χ0n) is 11.0. The number of hydrogen-bond donors (Lipinski definition) is 2. The molecule has 1 aromatic carbocycles. The van der Waals surface area contributed by atoms with E-state index in [0.29, 0.717) is 5.56 Å². The standard InChI is InChI=1S/C12H11ClN2O5S/c1-6-9(12(16)17)3-8(4-10(6)13)21(18,19)15-11-5-14-20-7(11)2/h3-5,15H,1-2H3,(H,16,17). The molecule has 0 aliphatic heterocycles. The number of aromatic nitrogens is 1. The van der Waals surface area contributed by atoms with Gasteiger partial charge < -0.3 is 9.63 Å². The summed E-state index contributed by atoms with van der Waals surface area (Å²) in [7, 11) is -4.00. The Morgan fingerprint density at radius 3 is 2.57 bits per heavy atom. The highest BCUT2D eigenvalue weighted by molar-refractivity contribution is 7.92. The van der Waals surface area contributed by atoms with Gasteiger partial charge in [-0.05, 0) is 31.5 Å².